The number of rotatable bonds is 10. The van der Waals surface area contributed by atoms with E-state index >= 15 is 0 Å². The van der Waals surface area contributed by atoms with Crippen molar-refractivity contribution in [1.29, 1.82) is 0 Å². The van der Waals surface area contributed by atoms with Gasteiger partial charge in [-0.25, -0.2) is 15.0 Å². The molecule has 1 saturated carbocycles. The van der Waals surface area contributed by atoms with E-state index in [2.05, 4.69) is 200 Å². The van der Waals surface area contributed by atoms with Gasteiger partial charge < -0.3 is 4.57 Å². The highest BCUT2D eigenvalue weighted by molar-refractivity contribution is 7.70. The van der Waals surface area contributed by atoms with Crippen molar-refractivity contribution >= 4 is 23.2 Å². The summed E-state index contributed by atoms with van der Waals surface area (Å²) in [7, 11) is -2.44. The normalized spacial score (nSPS) is 13.6. The molecule has 11 rings (SSSR count). The molecule has 0 atom stereocenters. The molecule has 1 aromatic heterocycles. The van der Waals surface area contributed by atoms with E-state index < -0.39 is 7.14 Å². The average Bonchev–Trinajstić information content (AvgIpc) is 3.41. The van der Waals surface area contributed by atoms with Crippen LogP contribution in [0.5, 0.6) is 0 Å². The number of hydrogen-bond donors (Lipinski definition) is 0. The van der Waals surface area contributed by atoms with Crippen molar-refractivity contribution < 1.29 is 4.57 Å². The van der Waals surface area contributed by atoms with E-state index in [-0.39, 0.29) is 5.41 Å². The molecule has 1 fully saturated rings. The maximum absolute atomic E-state index is 13.2. The van der Waals surface area contributed by atoms with Gasteiger partial charge in [0.05, 0.1) is 0 Å². The zero-order valence-corrected chi connectivity index (χ0v) is 39.4. The molecule has 1 aliphatic carbocycles. The quantitative estimate of drug-likeness (QED) is 0.128. The first-order chi connectivity index (χ1) is 33.3. The number of nitrogens with zero attached hydrogens (tertiary/aromatic N) is 3. The molecule has 0 unspecified atom stereocenters. The molecule has 10 aromatic rings. The third-order valence-corrected chi connectivity index (χ3v) is 15.5. The Kier molecular flexibility index (Phi) is 11.6. The molecule has 0 saturated heterocycles. The summed E-state index contributed by atoms with van der Waals surface area (Å²) >= 11 is 0. The molecule has 0 N–H and O–H groups in total. The first-order valence-electron chi connectivity index (χ1n) is 23.8. The van der Waals surface area contributed by atoms with Crippen molar-refractivity contribution in [2.75, 3.05) is 13.3 Å². The first-order valence-corrected chi connectivity index (χ1v) is 26.4. The van der Waals surface area contributed by atoms with Crippen LogP contribution in [-0.4, -0.2) is 28.3 Å². The first kappa shape index (κ1) is 43.1. The maximum Gasteiger partial charge on any atom is 0.164 e. The number of aromatic nitrogens is 3. The lowest BCUT2D eigenvalue weighted by Crippen LogP contribution is -2.30. The molecule has 1 aliphatic rings. The number of benzene rings is 9. The summed E-state index contributed by atoms with van der Waals surface area (Å²) in [5.74, 6) is 1.92. The maximum atomic E-state index is 13.2. The highest BCUT2D eigenvalue weighted by atomic mass is 31.2. The van der Waals surface area contributed by atoms with E-state index in [4.69, 9.17) is 15.0 Å². The Balaban J connectivity index is 0.928. The van der Waals surface area contributed by atoms with Crippen LogP contribution < -0.4 is 5.30 Å². The fourth-order valence-corrected chi connectivity index (χ4v) is 11.5. The third-order valence-electron chi connectivity index (χ3n) is 14.0. The van der Waals surface area contributed by atoms with E-state index in [0.29, 0.717) is 17.5 Å². The monoisotopic (exact) mass is 897 g/mol. The third kappa shape index (κ3) is 8.53. The molecule has 0 aliphatic heterocycles. The van der Waals surface area contributed by atoms with Crippen LogP contribution in [0.4, 0.5) is 0 Å². The van der Waals surface area contributed by atoms with E-state index in [1.165, 1.54) is 58.2 Å². The predicted molar refractivity (Wildman–Crippen MR) is 285 cm³/mol. The molecule has 330 valence electrons. The van der Waals surface area contributed by atoms with Gasteiger partial charge in [0, 0.05) is 27.4 Å². The summed E-state index contributed by atoms with van der Waals surface area (Å²) < 4.78 is 13.2. The lowest BCUT2D eigenvalue weighted by atomic mass is 9.65. The Hall–Kier alpha value is -7.52. The molecule has 0 radical (unpaired) electrons. The second-order valence-corrected chi connectivity index (χ2v) is 21.8. The van der Waals surface area contributed by atoms with Gasteiger partial charge in [0.1, 0.15) is 7.14 Å². The zero-order valence-electron chi connectivity index (χ0n) is 38.5. The Morgan fingerprint density at radius 2 is 0.676 bits per heavy atom. The van der Waals surface area contributed by atoms with Gasteiger partial charge in [-0.2, -0.15) is 0 Å². The van der Waals surface area contributed by atoms with Crippen LogP contribution in [0.3, 0.4) is 0 Å². The van der Waals surface area contributed by atoms with E-state index in [1.54, 1.807) is 0 Å². The van der Waals surface area contributed by atoms with Gasteiger partial charge in [0.15, 0.2) is 17.5 Å². The van der Waals surface area contributed by atoms with Crippen molar-refractivity contribution in [3.8, 4) is 78.7 Å². The van der Waals surface area contributed by atoms with Gasteiger partial charge in [0.2, 0.25) is 0 Å². The van der Waals surface area contributed by atoms with Crippen LogP contribution in [0.1, 0.15) is 43.2 Å². The average molecular weight is 898 g/mol. The van der Waals surface area contributed by atoms with Crippen LogP contribution in [0.25, 0.3) is 89.4 Å². The Labute approximate surface area is 399 Å². The summed E-state index contributed by atoms with van der Waals surface area (Å²) in [6.07, 6.45) is 5.81. The van der Waals surface area contributed by atoms with Crippen molar-refractivity contribution in [2.24, 2.45) is 0 Å². The molecule has 0 bridgehead atoms. The highest BCUT2D eigenvalue weighted by Crippen LogP contribution is 2.46. The van der Waals surface area contributed by atoms with E-state index in [9.17, 15) is 4.57 Å². The van der Waals surface area contributed by atoms with Crippen molar-refractivity contribution in [2.45, 2.75) is 37.5 Å². The van der Waals surface area contributed by atoms with Crippen LogP contribution in [0.2, 0.25) is 0 Å². The lowest BCUT2D eigenvalue weighted by molar-refractivity contribution is 0.346. The second-order valence-electron chi connectivity index (χ2n) is 18.6. The summed E-state index contributed by atoms with van der Waals surface area (Å²) in [6, 6.07) is 77.6. The van der Waals surface area contributed by atoms with Crippen LogP contribution in [-0.2, 0) is 9.98 Å². The van der Waals surface area contributed by atoms with Crippen molar-refractivity contribution in [3.63, 3.8) is 0 Å². The van der Waals surface area contributed by atoms with E-state index in [0.717, 1.165) is 62.3 Å². The summed E-state index contributed by atoms with van der Waals surface area (Å²) in [4.78, 5) is 15.4. The largest absolute Gasteiger partial charge is 0.319 e. The Bertz CT molecular complexity index is 3410. The highest BCUT2D eigenvalue weighted by Gasteiger charge is 2.36. The second kappa shape index (κ2) is 18.3. The molecule has 68 heavy (non-hydrogen) atoms. The van der Waals surface area contributed by atoms with Gasteiger partial charge in [-0.15, -0.1) is 0 Å². The van der Waals surface area contributed by atoms with Crippen LogP contribution >= 0.6 is 7.14 Å². The summed E-state index contributed by atoms with van der Waals surface area (Å²) in [5, 5.41) is 3.15. The summed E-state index contributed by atoms with van der Waals surface area (Å²) in [5.41, 5.74) is 14.7. The smallest absolute Gasteiger partial charge is 0.164 e. The van der Waals surface area contributed by atoms with Gasteiger partial charge in [-0.1, -0.05) is 238 Å². The minimum absolute atomic E-state index is 0.0994. The zero-order chi connectivity index (χ0) is 46.1. The fourth-order valence-electron chi connectivity index (χ4n) is 10.3. The molecule has 0 spiro atoms. The number of hydrogen-bond acceptors (Lipinski definition) is 4. The van der Waals surface area contributed by atoms with Crippen LogP contribution in [0, 0.1) is 0 Å². The van der Waals surface area contributed by atoms with Gasteiger partial charge >= 0.3 is 0 Å². The van der Waals surface area contributed by atoms with E-state index in [1.807, 2.05) is 31.5 Å². The molecule has 9 aromatic carbocycles. The predicted octanol–water partition coefficient (Wildman–Crippen LogP) is 16.2. The number of fused-ring (bicyclic) bond motifs is 1. The fraction of sp³-hybridized carbons (Fsp3) is 0.127. The minimum atomic E-state index is -2.44. The lowest BCUT2D eigenvalue weighted by Gasteiger charge is -2.39. The van der Waals surface area contributed by atoms with Crippen molar-refractivity contribution in [1.82, 2.24) is 15.0 Å². The van der Waals surface area contributed by atoms with Crippen molar-refractivity contribution in [3.05, 3.63) is 230 Å². The molecule has 0 amide bonds. The molecule has 4 nitrogen and oxygen atoms in total. The topological polar surface area (TPSA) is 55.7 Å². The van der Waals surface area contributed by atoms with Gasteiger partial charge in [-0.3, -0.25) is 0 Å². The molecule has 5 heteroatoms. The van der Waals surface area contributed by atoms with Gasteiger partial charge in [0.25, 0.3) is 0 Å². The molecular weight excluding hydrogens is 846 g/mol. The standard InChI is InChI=1S/C63H52N3OP/c1-68(2,67)59-41-40-56(57-18-10-11-19-58(57)59)50-32-36-54(37-33-50)63(42-12-5-13-43-63)55-38-34-53(35-39-55)62-65-60(51-28-24-47(25-29-51)45-16-8-4-9-17-45)64-61(66-62)52-30-26-49(27-31-52)48-22-20-46(21-23-48)44-14-6-3-7-15-44/h3-4,6-11,14-41H,5,12-13,42-43H2,1-2H3. The molecular formula is C63H52N3OP. The Morgan fingerprint density at radius 1 is 0.338 bits per heavy atom. The summed E-state index contributed by atoms with van der Waals surface area (Å²) in [6.45, 7) is 3.72. The van der Waals surface area contributed by atoms with Crippen LogP contribution in [0.15, 0.2) is 218 Å². The minimum Gasteiger partial charge on any atom is -0.319 e. The van der Waals surface area contributed by atoms with Gasteiger partial charge in [-0.05, 0) is 92.6 Å². The molecule has 1 heterocycles. The SMILES string of the molecule is CP(C)(=O)c1ccc(-c2ccc(C3(c4ccc(-c5nc(-c6ccc(-c7ccccc7)cc6)nc(-c6ccc(-c7ccc(-c8ccccc8)cc7)cc6)n5)cc4)CCCCC3)cc2)c2ccccc12. The Morgan fingerprint density at radius 3 is 1.09 bits per heavy atom.